The van der Waals surface area contributed by atoms with E-state index in [1.54, 1.807) is 0 Å². The summed E-state index contributed by atoms with van der Waals surface area (Å²) >= 11 is 0. The Morgan fingerprint density at radius 2 is 1.93 bits per heavy atom. The van der Waals surface area contributed by atoms with Crippen LogP contribution in [0.1, 0.15) is 104 Å². The summed E-state index contributed by atoms with van der Waals surface area (Å²) in [5, 5.41) is 20.9. The van der Waals surface area contributed by atoms with Crippen LogP contribution in [0.4, 0.5) is 0 Å². The highest BCUT2D eigenvalue weighted by molar-refractivity contribution is 5.69. The zero-order valence-corrected chi connectivity index (χ0v) is 17.8. The summed E-state index contributed by atoms with van der Waals surface area (Å²) in [5.74, 6) is 0.154. The molecule has 3 atom stereocenters. The molecule has 0 radical (unpaired) electrons. The lowest BCUT2D eigenvalue weighted by Crippen LogP contribution is -2.23. The minimum atomic E-state index is -0.632. The van der Waals surface area contributed by atoms with Crippen LogP contribution in [0.3, 0.4) is 0 Å². The van der Waals surface area contributed by atoms with Crippen molar-refractivity contribution < 1.29 is 19.7 Å². The second kappa shape index (κ2) is 13.3. The van der Waals surface area contributed by atoms with Gasteiger partial charge in [0.15, 0.2) is 0 Å². The summed E-state index contributed by atoms with van der Waals surface area (Å²) in [7, 11) is 0. The van der Waals surface area contributed by atoms with E-state index in [0.717, 1.165) is 57.8 Å². The molecular formula is C23H42O4. The topological polar surface area (TPSA) is 66.8 Å². The molecule has 1 aliphatic rings. The Morgan fingerprint density at radius 1 is 1.19 bits per heavy atom. The fourth-order valence-corrected chi connectivity index (χ4v) is 4.01. The monoisotopic (exact) mass is 382 g/mol. The lowest BCUT2D eigenvalue weighted by atomic mass is 9.89. The predicted molar refractivity (Wildman–Crippen MR) is 111 cm³/mol. The highest BCUT2D eigenvalue weighted by Gasteiger charge is 2.30. The van der Waals surface area contributed by atoms with Crippen molar-refractivity contribution in [3.63, 3.8) is 0 Å². The molecule has 158 valence electrons. The van der Waals surface area contributed by atoms with E-state index in [0.29, 0.717) is 19.4 Å². The number of aliphatic hydroxyl groups is 2. The number of carbonyl (C=O) groups is 1. The van der Waals surface area contributed by atoms with Gasteiger partial charge in [-0.25, -0.2) is 0 Å². The van der Waals surface area contributed by atoms with Crippen molar-refractivity contribution in [2.75, 3.05) is 6.61 Å². The molecule has 0 bridgehead atoms. The maximum atomic E-state index is 11.3. The molecule has 0 aromatic carbocycles. The van der Waals surface area contributed by atoms with Gasteiger partial charge in [-0.05, 0) is 52.4 Å². The third-order valence-electron chi connectivity index (χ3n) is 5.74. The van der Waals surface area contributed by atoms with Gasteiger partial charge in [-0.2, -0.15) is 0 Å². The molecule has 4 heteroatoms. The van der Waals surface area contributed by atoms with Crippen LogP contribution in [0.5, 0.6) is 0 Å². The Labute approximate surface area is 166 Å². The van der Waals surface area contributed by atoms with Gasteiger partial charge < -0.3 is 14.9 Å². The van der Waals surface area contributed by atoms with Gasteiger partial charge in [0.25, 0.3) is 0 Å². The highest BCUT2D eigenvalue weighted by atomic mass is 16.5. The number of rotatable bonds is 14. The van der Waals surface area contributed by atoms with Crippen molar-refractivity contribution in [1.82, 2.24) is 0 Å². The fourth-order valence-electron chi connectivity index (χ4n) is 4.01. The van der Waals surface area contributed by atoms with Gasteiger partial charge in [0.05, 0.1) is 18.3 Å². The molecule has 0 aromatic rings. The van der Waals surface area contributed by atoms with Gasteiger partial charge in [-0.15, -0.1) is 0 Å². The predicted octanol–water partition coefficient (Wildman–Crippen LogP) is 5.31. The summed E-state index contributed by atoms with van der Waals surface area (Å²) < 4.78 is 4.94. The molecular weight excluding hydrogens is 340 g/mol. The van der Waals surface area contributed by atoms with E-state index in [1.807, 2.05) is 13.8 Å². The molecule has 0 amide bonds. The summed E-state index contributed by atoms with van der Waals surface area (Å²) in [6.07, 6.45) is 14.3. The fraction of sp³-hybridized carbons (Fsp3) is 0.870. The number of esters is 1. The first-order chi connectivity index (χ1) is 12.9. The third kappa shape index (κ3) is 10.3. The van der Waals surface area contributed by atoms with Crippen LogP contribution in [-0.2, 0) is 9.53 Å². The van der Waals surface area contributed by atoms with Gasteiger partial charge in [0, 0.05) is 12.3 Å². The average molecular weight is 383 g/mol. The summed E-state index contributed by atoms with van der Waals surface area (Å²) in [6.45, 7) is 6.40. The Morgan fingerprint density at radius 3 is 2.63 bits per heavy atom. The van der Waals surface area contributed by atoms with Gasteiger partial charge >= 0.3 is 5.97 Å². The Hall–Kier alpha value is -0.870. The zero-order chi connectivity index (χ0) is 20.1. The molecule has 1 fully saturated rings. The van der Waals surface area contributed by atoms with E-state index in [4.69, 9.17) is 4.74 Å². The van der Waals surface area contributed by atoms with Gasteiger partial charge in [0.1, 0.15) is 0 Å². The van der Waals surface area contributed by atoms with E-state index >= 15 is 0 Å². The molecule has 1 rings (SSSR count). The van der Waals surface area contributed by atoms with Crippen molar-refractivity contribution in [3.05, 3.63) is 11.6 Å². The van der Waals surface area contributed by atoms with Crippen molar-refractivity contribution >= 4 is 5.97 Å². The molecule has 0 spiro atoms. The highest BCUT2D eigenvalue weighted by Crippen LogP contribution is 2.36. The van der Waals surface area contributed by atoms with Crippen LogP contribution in [0, 0.1) is 5.92 Å². The summed E-state index contributed by atoms with van der Waals surface area (Å²) in [6, 6.07) is 0. The third-order valence-corrected chi connectivity index (χ3v) is 5.74. The van der Waals surface area contributed by atoms with Crippen LogP contribution in [-0.4, -0.2) is 34.5 Å². The Kier molecular flexibility index (Phi) is 11.9. The van der Waals surface area contributed by atoms with Crippen molar-refractivity contribution in [1.29, 1.82) is 0 Å². The quantitative estimate of drug-likeness (QED) is 0.243. The molecule has 1 saturated carbocycles. The molecule has 0 aromatic heterocycles. The van der Waals surface area contributed by atoms with E-state index in [9.17, 15) is 15.0 Å². The van der Waals surface area contributed by atoms with E-state index < -0.39 is 5.60 Å². The first-order valence-corrected chi connectivity index (χ1v) is 11.1. The summed E-state index contributed by atoms with van der Waals surface area (Å²) in [4.78, 5) is 11.3. The number of aliphatic hydroxyl groups excluding tert-OH is 1. The van der Waals surface area contributed by atoms with Crippen molar-refractivity contribution in [2.24, 2.45) is 5.92 Å². The van der Waals surface area contributed by atoms with Crippen molar-refractivity contribution in [3.8, 4) is 0 Å². The molecule has 0 saturated heterocycles. The van der Waals surface area contributed by atoms with Gasteiger partial charge in [0.2, 0.25) is 0 Å². The number of hydrogen-bond acceptors (Lipinski definition) is 4. The largest absolute Gasteiger partial charge is 0.466 e. The van der Waals surface area contributed by atoms with Crippen LogP contribution >= 0.6 is 0 Å². The second-order valence-corrected chi connectivity index (χ2v) is 8.41. The smallest absolute Gasteiger partial charge is 0.305 e. The Bertz CT molecular complexity index is 442. The summed E-state index contributed by atoms with van der Waals surface area (Å²) in [5.41, 5.74) is 0.706. The average Bonchev–Trinajstić information content (AvgIpc) is 2.97. The van der Waals surface area contributed by atoms with E-state index in [2.05, 4.69) is 13.0 Å². The number of carbonyl (C=O) groups excluding carboxylic acids is 1. The lowest BCUT2D eigenvalue weighted by molar-refractivity contribution is -0.143. The van der Waals surface area contributed by atoms with E-state index in [-0.39, 0.29) is 18.0 Å². The SMILES string of the molecule is CCCCCC(C)(O)CC=C1CC[C@@H](O)[C@@H]1CCCCCCC(=O)OCC. The van der Waals surface area contributed by atoms with Gasteiger partial charge in [-0.3, -0.25) is 4.79 Å². The lowest BCUT2D eigenvalue weighted by Gasteiger charge is -2.23. The normalized spacial score (nSPS) is 23.5. The first kappa shape index (κ1) is 24.2. The molecule has 1 aliphatic carbocycles. The molecule has 0 heterocycles. The minimum absolute atomic E-state index is 0.0973. The molecule has 1 unspecified atom stereocenters. The number of unbranched alkanes of at least 4 members (excludes halogenated alkanes) is 5. The van der Waals surface area contributed by atoms with Crippen LogP contribution in [0.2, 0.25) is 0 Å². The van der Waals surface area contributed by atoms with Crippen LogP contribution in [0.25, 0.3) is 0 Å². The van der Waals surface area contributed by atoms with Gasteiger partial charge in [-0.1, -0.05) is 57.1 Å². The van der Waals surface area contributed by atoms with Crippen molar-refractivity contribution in [2.45, 2.75) is 116 Å². The molecule has 0 aliphatic heterocycles. The maximum Gasteiger partial charge on any atom is 0.305 e. The Balaban J connectivity index is 2.32. The zero-order valence-electron chi connectivity index (χ0n) is 17.8. The maximum absolute atomic E-state index is 11.3. The first-order valence-electron chi connectivity index (χ1n) is 11.1. The standard InChI is InChI=1S/C23H42O4/c1-4-6-11-17-23(3,26)18-16-19-14-15-21(24)20(19)12-9-7-8-10-13-22(25)27-5-2/h16,20-21,24,26H,4-15,17-18H2,1-3H3/t20-,21-,23?/m1/s1. The second-order valence-electron chi connectivity index (χ2n) is 8.41. The molecule has 27 heavy (non-hydrogen) atoms. The minimum Gasteiger partial charge on any atom is -0.466 e. The molecule has 2 N–H and O–H groups in total. The van der Waals surface area contributed by atoms with E-state index in [1.165, 1.54) is 18.4 Å². The number of ether oxygens (including phenoxy) is 1. The van der Waals surface area contributed by atoms with Crippen LogP contribution in [0.15, 0.2) is 11.6 Å². The van der Waals surface area contributed by atoms with Crippen LogP contribution < -0.4 is 0 Å². The molecule has 4 nitrogen and oxygen atoms in total. The number of hydrogen-bond donors (Lipinski definition) is 2.